The summed E-state index contributed by atoms with van der Waals surface area (Å²) in [4.78, 5) is 14.7. The molecular weight excluding hydrogens is 288 g/mol. The van der Waals surface area contributed by atoms with Crippen LogP contribution in [0.4, 0.5) is 0 Å². The van der Waals surface area contributed by atoms with Crippen molar-refractivity contribution in [2.75, 3.05) is 13.1 Å². The fourth-order valence-electron chi connectivity index (χ4n) is 4.57. The van der Waals surface area contributed by atoms with Gasteiger partial charge in [-0.3, -0.25) is 4.79 Å². The standard InChI is InChI=1S/C16H19ClN2O2/c17-12-4-2-1-3-9(12)15(20)16(21)19-13-5-6-14(19)11-8-18-7-10(11)13/h1-4,10-11,13-15,18,20H,5-8H2/t10-,11+,13-,14+,15-/m0/s1. The van der Waals surface area contributed by atoms with E-state index < -0.39 is 6.10 Å². The van der Waals surface area contributed by atoms with Gasteiger partial charge in [-0.2, -0.15) is 0 Å². The second kappa shape index (κ2) is 4.97. The van der Waals surface area contributed by atoms with E-state index in [0.717, 1.165) is 25.9 Å². The van der Waals surface area contributed by atoms with E-state index in [1.54, 1.807) is 24.3 Å². The van der Waals surface area contributed by atoms with Crippen molar-refractivity contribution in [1.29, 1.82) is 0 Å². The number of carbonyl (C=O) groups excluding carboxylic acids is 1. The first kappa shape index (κ1) is 13.6. The number of halogens is 1. The zero-order valence-corrected chi connectivity index (χ0v) is 12.5. The highest BCUT2D eigenvalue weighted by Crippen LogP contribution is 2.48. The molecule has 0 radical (unpaired) electrons. The van der Waals surface area contributed by atoms with Gasteiger partial charge in [0, 0.05) is 35.8 Å². The first-order chi connectivity index (χ1) is 10.2. The van der Waals surface area contributed by atoms with E-state index in [-0.39, 0.29) is 5.91 Å². The molecule has 5 heteroatoms. The Labute approximate surface area is 129 Å². The molecule has 21 heavy (non-hydrogen) atoms. The third kappa shape index (κ3) is 1.93. The Balaban J connectivity index is 1.60. The fourth-order valence-corrected chi connectivity index (χ4v) is 4.81. The highest BCUT2D eigenvalue weighted by atomic mass is 35.5. The Morgan fingerprint density at radius 1 is 1.24 bits per heavy atom. The third-order valence-corrected chi connectivity index (χ3v) is 5.80. The van der Waals surface area contributed by atoms with Gasteiger partial charge in [0.1, 0.15) is 0 Å². The molecule has 1 amide bonds. The van der Waals surface area contributed by atoms with Crippen LogP contribution in [0.15, 0.2) is 24.3 Å². The SMILES string of the molecule is O=C([C@@H](O)c1ccccc1Cl)N1[C@@H]2CC[C@H]1[C@H]1CNC[C@H]12. The van der Waals surface area contributed by atoms with Gasteiger partial charge in [0.2, 0.25) is 0 Å². The van der Waals surface area contributed by atoms with Crippen LogP contribution in [0.5, 0.6) is 0 Å². The minimum atomic E-state index is -1.14. The molecule has 1 aromatic carbocycles. The number of aliphatic hydroxyl groups excluding tert-OH is 1. The number of amides is 1. The average Bonchev–Trinajstić information content (AvgIpc) is 3.18. The normalized spacial score (nSPS) is 35.0. The Kier molecular flexibility index (Phi) is 3.21. The van der Waals surface area contributed by atoms with E-state index in [9.17, 15) is 9.90 Å². The zero-order valence-electron chi connectivity index (χ0n) is 11.7. The lowest BCUT2D eigenvalue weighted by molar-refractivity contribution is -0.142. The Morgan fingerprint density at radius 3 is 2.48 bits per heavy atom. The lowest BCUT2D eigenvalue weighted by Gasteiger charge is -2.27. The molecule has 0 saturated carbocycles. The van der Waals surface area contributed by atoms with Crippen molar-refractivity contribution in [3.63, 3.8) is 0 Å². The van der Waals surface area contributed by atoms with Gasteiger partial charge in [-0.15, -0.1) is 0 Å². The molecule has 3 aliphatic heterocycles. The molecule has 3 saturated heterocycles. The number of carbonyl (C=O) groups is 1. The molecule has 0 aromatic heterocycles. The van der Waals surface area contributed by atoms with Crippen LogP contribution < -0.4 is 5.32 Å². The van der Waals surface area contributed by atoms with Crippen LogP contribution in [0.1, 0.15) is 24.5 Å². The van der Waals surface area contributed by atoms with E-state index in [0.29, 0.717) is 34.5 Å². The van der Waals surface area contributed by atoms with Gasteiger partial charge in [-0.1, -0.05) is 29.8 Å². The lowest BCUT2D eigenvalue weighted by Crippen LogP contribution is -2.42. The van der Waals surface area contributed by atoms with Gasteiger partial charge < -0.3 is 15.3 Å². The summed E-state index contributed by atoms with van der Waals surface area (Å²) in [7, 11) is 0. The summed E-state index contributed by atoms with van der Waals surface area (Å²) in [6.45, 7) is 2.00. The van der Waals surface area contributed by atoms with Crippen molar-refractivity contribution < 1.29 is 9.90 Å². The van der Waals surface area contributed by atoms with Gasteiger partial charge in [0.05, 0.1) is 0 Å². The molecule has 0 unspecified atom stereocenters. The molecule has 3 fully saturated rings. The number of hydrogen-bond donors (Lipinski definition) is 2. The first-order valence-electron chi connectivity index (χ1n) is 7.64. The predicted molar refractivity (Wildman–Crippen MR) is 79.9 cm³/mol. The van der Waals surface area contributed by atoms with Crippen molar-refractivity contribution in [2.24, 2.45) is 11.8 Å². The maximum Gasteiger partial charge on any atom is 0.256 e. The minimum absolute atomic E-state index is 0.176. The number of fused-ring (bicyclic) bond motifs is 5. The van der Waals surface area contributed by atoms with Crippen molar-refractivity contribution in [3.8, 4) is 0 Å². The van der Waals surface area contributed by atoms with Crippen LogP contribution in [0.3, 0.4) is 0 Å². The molecule has 112 valence electrons. The van der Waals surface area contributed by atoms with Crippen molar-refractivity contribution in [3.05, 3.63) is 34.9 Å². The van der Waals surface area contributed by atoms with Gasteiger partial charge in [0.15, 0.2) is 6.10 Å². The van der Waals surface area contributed by atoms with Crippen molar-refractivity contribution in [2.45, 2.75) is 31.0 Å². The molecule has 2 N–H and O–H groups in total. The Hall–Kier alpha value is -1.10. The molecule has 5 atom stereocenters. The number of rotatable bonds is 2. The number of aliphatic hydroxyl groups is 1. The molecule has 3 heterocycles. The highest BCUT2D eigenvalue weighted by molar-refractivity contribution is 6.31. The van der Waals surface area contributed by atoms with Crippen molar-refractivity contribution in [1.82, 2.24) is 10.2 Å². The van der Waals surface area contributed by atoms with Crippen LogP contribution in [-0.2, 0) is 4.79 Å². The predicted octanol–water partition coefficient (Wildman–Crippen LogP) is 1.58. The Bertz CT molecular complexity index is 561. The van der Waals surface area contributed by atoms with Crippen LogP contribution in [0.2, 0.25) is 5.02 Å². The summed E-state index contributed by atoms with van der Waals surface area (Å²) in [5.74, 6) is 0.947. The van der Waals surface area contributed by atoms with E-state index in [2.05, 4.69) is 5.32 Å². The maximum atomic E-state index is 12.8. The van der Waals surface area contributed by atoms with Crippen LogP contribution in [0, 0.1) is 11.8 Å². The first-order valence-corrected chi connectivity index (χ1v) is 8.01. The lowest BCUT2D eigenvalue weighted by atomic mass is 9.82. The molecule has 2 bridgehead atoms. The summed E-state index contributed by atoms with van der Waals surface area (Å²) in [6, 6.07) is 7.63. The van der Waals surface area contributed by atoms with Crippen LogP contribution in [-0.4, -0.2) is 41.1 Å². The van der Waals surface area contributed by atoms with Gasteiger partial charge in [-0.05, 0) is 30.7 Å². The highest BCUT2D eigenvalue weighted by Gasteiger charge is 2.56. The summed E-state index contributed by atoms with van der Waals surface area (Å²) in [5.41, 5.74) is 0.513. The van der Waals surface area contributed by atoms with Gasteiger partial charge in [-0.25, -0.2) is 0 Å². The molecule has 0 spiro atoms. The molecule has 4 rings (SSSR count). The summed E-state index contributed by atoms with van der Waals surface area (Å²) in [6.07, 6.45) is 0.983. The molecular formula is C16H19ClN2O2. The second-order valence-corrected chi connectivity index (χ2v) is 6.77. The fraction of sp³-hybridized carbons (Fsp3) is 0.562. The monoisotopic (exact) mass is 306 g/mol. The second-order valence-electron chi connectivity index (χ2n) is 6.37. The van der Waals surface area contributed by atoms with Crippen LogP contribution >= 0.6 is 11.6 Å². The van der Waals surface area contributed by atoms with E-state index >= 15 is 0 Å². The van der Waals surface area contributed by atoms with Gasteiger partial charge in [0.25, 0.3) is 5.91 Å². The average molecular weight is 307 g/mol. The number of nitrogens with one attached hydrogen (secondary N) is 1. The quantitative estimate of drug-likeness (QED) is 0.872. The summed E-state index contributed by atoms with van der Waals surface area (Å²) < 4.78 is 0. The maximum absolute atomic E-state index is 12.8. The van der Waals surface area contributed by atoms with E-state index in [1.807, 2.05) is 4.90 Å². The smallest absolute Gasteiger partial charge is 0.256 e. The zero-order chi connectivity index (χ0) is 14.6. The largest absolute Gasteiger partial charge is 0.378 e. The molecule has 1 aromatic rings. The number of nitrogens with zero attached hydrogens (tertiary/aromatic N) is 1. The summed E-state index contributed by atoms with van der Waals surface area (Å²) >= 11 is 6.11. The van der Waals surface area contributed by atoms with Crippen molar-refractivity contribution >= 4 is 17.5 Å². The minimum Gasteiger partial charge on any atom is -0.378 e. The molecule has 4 nitrogen and oxygen atoms in total. The molecule has 0 aliphatic carbocycles. The van der Waals surface area contributed by atoms with Gasteiger partial charge >= 0.3 is 0 Å². The summed E-state index contributed by atoms with van der Waals surface area (Å²) in [5, 5.41) is 14.3. The topological polar surface area (TPSA) is 52.6 Å². The Morgan fingerprint density at radius 2 is 1.86 bits per heavy atom. The number of benzene rings is 1. The van der Waals surface area contributed by atoms with E-state index in [4.69, 9.17) is 11.6 Å². The number of hydrogen-bond acceptors (Lipinski definition) is 3. The third-order valence-electron chi connectivity index (χ3n) is 5.46. The van der Waals surface area contributed by atoms with Crippen LogP contribution in [0.25, 0.3) is 0 Å². The van der Waals surface area contributed by atoms with E-state index in [1.165, 1.54) is 0 Å². The molecule has 3 aliphatic rings.